The smallest absolute Gasteiger partial charge is 0.243 e. The summed E-state index contributed by atoms with van der Waals surface area (Å²) in [5.41, 5.74) is 16.6. The van der Waals surface area contributed by atoms with Crippen molar-refractivity contribution >= 4 is 47.1 Å². The van der Waals surface area contributed by atoms with E-state index in [4.69, 9.17) is 11.5 Å². The van der Waals surface area contributed by atoms with E-state index in [9.17, 15) is 48.6 Å². The molecule has 2 aliphatic heterocycles. The molecule has 0 bridgehead atoms. The zero-order valence-electron chi connectivity index (χ0n) is 47.4. The van der Waals surface area contributed by atoms with E-state index in [1.54, 1.807) is 24.3 Å². The maximum absolute atomic E-state index is 14.9. The van der Waals surface area contributed by atoms with E-state index >= 15 is 0 Å². The summed E-state index contributed by atoms with van der Waals surface area (Å²) < 4.78 is 0. The number of nitrogens with two attached hydrogens (primary N) is 2. The summed E-state index contributed by atoms with van der Waals surface area (Å²) in [6.45, 7) is 0.475. The number of rotatable bonds is 28. The predicted molar refractivity (Wildman–Crippen MR) is 320 cm³/mol. The number of benzene rings is 6. The summed E-state index contributed by atoms with van der Waals surface area (Å²) in [6, 6.07) is 40.8. The number of nitrogens with zero attached hydrogens (tertiary/aromatic N) is 2. The molecule has 0 saturated carbocycles. The van der Waals surface area contributed by atoms with Gasteiger partial charge in [-0.2, -0.15) is 0 Å². The molecule has 11 N–H and O–H groups in total. The highest BCUT2D eigenvalue weighted by Crippen LogP contribution is 2.23. The Labute approximate surface area is 494 Å². The second-order valence-corrected chi connectivity index (χ2v) is 21.9. The van der Waals surface area contributed by atoms with Gasteiger partial charge in [0, 0.05) is 45.3 Å². The van der Waals surface area contributed by atoms with Crippen LogP contribution in [0.5, 0.6) is 11.5 Å². The highest BCUT2D eigenvalue weighted by Gasteiger charge is 2.41. The van der Waals surface area contributed by atoms with E-state index in [2.05, 4.69) is 26.6 Å². The van der Waals surface area contributed by atoms with Crippen molar-refractivity contribution in [2.75, 3.05) is 19.6 Å². The number of Topliss-reactive ketones (excluding diaryl/α,β-unsaturated/α-hetero) is 1. The molecule has 0 radical (unpaired) electrons. The molecule has 8 unspecified atom stereocenters. The fourth-order valence-electron chi connectivity index (χ4n) is 11.0. The molecule has 2 heterocycles. The van der Waals surface area contributed by atoms with E-state index < -0.39 is 89.7 Å². The maximum Gasteiger partial charge on any atom is 0.243 e. The van der Waals surface area contributed by atoms with Gasteiger partial charge in [0.2, 0.25) is 41.4 Å². The fraction of sp³-hybridized carbons (Fsp3) is 0.333. The van der Waals surface area contributed by atoms with Crippen LogP contribution in [0, 0.1) is 0 Å². The van der Waals surface area contributed by atoms with Gasteiger partial charge in [0.25, 0.3) is 0 Å². The van der Waals surface area contributed by atoms with E-state index in [0.29, 0.717) is 37.8 Å². The second-order valence-electron chi connectivity index (χ2n) is 21.9. The minimum Gasteiger partial charge on any atom is -0.508 e. The van der Waals surface area contributed by atoms with Crippen molar-refractivity contribution in [3.8, 4) is 11.5 Å². The monoisotopic (exact) mass is 1150 g/mol. The first kappa shape index (κ1) is 61.9. The van der Waals surface area contributed by atoms with Gasteiger partial charge in [0.05, 0.1) is 18.1 Å². The SMILES string of the molecule is NC(=O)C(Cc1ccccc1)NC(=O)C(Cc1ccccc1)NC(=O)C1CCCN1C(=O)C(Cc1ccc(O)cc1)NCCC(=O)C(Cc1ccccc1)NC(=O)C(Cc1ccccc1)NC(=O)C1CCCN1C(=O)C(N)Cc1ccc(O)cc1. The molecular weight excluding hydrogens is 1080 g/mol. The fourth-order valence-corrected chi connectivity index (χ4v) is 11.0. The van der Waals surface area contributed by atoms with Crippen molar-refractivity contribution in [1.29, 1.82) is 0 Å². The lowest BCUT2D eigenvalue weighted by molar-refractivity contribution is -0.141. The minimum atomic E-state index is -1.17. The lowest BCUT2D eigenvalue weighted by Crippen LogP contribution is -2.58. The Bertz CT molecular complexity index is 3210. The molecule has 0 aliphatic carbocycles. The molecular formula is C66H75N9O10. The summed E-state index contributed by atoms with van der Waals surface area (Å²) in [5, 5.41) is 34.7. The maximum atomic E-state index is 14.9. The number of amides is 7. The van der Waals surface area contributed by atoms with Crippen LogP contribution in [0.1, 0.15) is 65.5 Å². The second kappa shape index (κ2) is 30.4. The Hall–Kier alpha value is -9.20. The van der Waals surface area contributed by atoms with Gasteiger partial charge in [-0.3, -0.25) is 38.4 Å². The zero-order valence-corrected chi connectivity index (χ0v) is 47.4. The Morgan fingerprint density at radius 3 is 1.21 bits per heavy atom. The van der Waals surface area contributed by atoms with E-state index in [1.807, 2.05) is 121 Å². The summed E-state index contributed by atoms with van der Waals surface area (Å²) in [7, 11) is 0. The Morgan fingerprint density at radius 2 is 0.788 bits per heavy atom. The van der Waals surface area contributed by atoms with Gasteiger partial charge in [-0.25, -0.2) is 0 Å². The van der Waals surface area contributed by atoms with Crippen molar-refractivity contribution in [3.63, 3.8) is 0 Å². The molecule has 0 spiro atoms. The number of ketones is 1. The molecule has 2 fully saturated rings. The summed E-state index contributed by atoms with van der Waals surface area (Å²) in [6.07, 6.45) is 2.14. The van der Waals surface area contributed by atoms with Gasteiger partial charge in [-0.05, 0) is 103 Å². The Morgan fingerprint density at radius 1 is 0.435 bits per heavy atom. The molecule has 6 aromatic carbocycles. The molecule has 0 aromatic heterocycles. The van der Waals surface area contributed by atoms with Crippen LogP contribution in [0.4, 0.5) is 0 Å². The quantitative estimate of drug-likeness (QED) is 0.0341. The molecule has 8 rings (SSSR count). The number of phenolic OH excluding ortho intramolecular Hbond substituents is 2. The van der Waals surface area contributed by atoms with Crippen LogP contribution < -0.4 is 38.1 Å². The van der Waals surface area contributed by atoms with Gasteiger partial charge >= 0.3 is 0 Å². The van der Waals surface area contributed by atoms with Gasteiger partial charge in [0.15, 0.2) is 5.78 Å². The lowest BCUT2D eigenvalue weighted by atomic mass is 9.98. The van der Waals surface area contributed by atoms with Gasteiger partial charge in [-0.15, -0.1) is 0 Å². The first-order valence-electron chi connectivity index (χ1n) is 28.9. The third kappa shape index (κ3) is 17.9. The Balaban J connectivity index is 0.966. The summed E-state index contributed by atoms with van der Waals surface area (Å²) >= 11 is 0. The predicted octanol–water partition coefficient (Wildman–Crippen LogP) is 3.51. The van der Waals surface area contributed by atoms with E-state index in [0.717, 1.165) is 27.8 Å². The molecule has 6 aromatic rings. The normalized spacial score (nSPS) is 16.9. The highest BCUT2D eigenvalue weighted by molar-refractivity contribution is 5.97. The standard InChI is InChI=1S/C66H75N9O10/c67-51(37-47-25-29-49(76)30-26-47)65(84)74-35-13-23-57(74)63(82)72-54(40-45-19-9-3-10-20-45)61(80)70-52(38-43-15-5-1-6-16-43)59(78)33-34-69-56(42-48-27-31-50(77)32-28-48)66(85)75-36-14-24-58(75)64(83)73-55(41-46-21-11-4-12-22-46)62(81)71-53(60(68)79)39-44-17-7-2-8-18-44/h1-12,15-22,25-32,51-58,69,76-77H,13-14,23-24,33-42,67H2,(H2,68,79)(H,70,80)(H,71,81)(H,72,82)(H,73,83). The molecule has 85 heavy (non-hydrogen) atoms. The molecule has 2 aliphatic rings. The van der Waals surface area contributed by atoms with Crippen LogP contribution in [-0.2, 0) is 76.9 Å². The molecule has 19 heteroatoms. The number of carbonyl (C=O) groups excluding carboxylic acids is 8. The van der Waals surface area contributed by atoms with Crippen molar-refractivity contribution in [2.45, 2.75) is 119 Å². The molecule has 2 saturated heterocycles. The average molecular weight is 1150 g/mol. The largest absolute Gasteiger partial charge is 0.508 e. The number of hydrogen-bond donors (Lipinski definition) is 9. The van der Waals surface area contributed by atoms with Crippen LogP contribution in [0.25, 0.3) is 0 Å². The third-order valence-electron chi connectivity index (χ3n) is 15.6. The van der Waals surface area contributed by atoms with E-state index in [-0.39, 0.29) is 75.3 Å². The van der Waals surface area contributed by atoms with Crippen LogP contribution in [0.2, 0.25) is 0 Å². The number of hydrogen-bond acceptors (Lipinski definition) is 12. The summed E-state index contributed by atoms with van der Waals surface area (Å²) in [5.74, 6) is -4.24. The molecule has 444 valence electrons. The number of likely N-dealkylation sites (tertiary alicyclic amines) is 2. The highest BCUT2D eigenvalue weighted by atomic mass is 16.3. The first-order chi connectivity index (χ1) is 41.1. The number of phenols is 2. The molecule has 19 nitrogen and oxygen atoms in total. The van der Waals surface area contributed by atoms with Crippen molar-refractivity contribution < 1.29 is 48.6 Å². The van der Waals surface area contributed by atoms with Gasteiger partial charge in [0.1, 0.15) is 41.7 Å². The summed E-state index contributed by atoms with van der Waals surface area (Å²) in [4.78, 5) is 116. The van der Waals surface area contributed by atoms with Crippen molar-refractivity contribution in [2.24, 2.45) is 11.5 Å². The number of aromatic hydroxyl groups is 2. The van der Waals surface area contributed by atoms with Crippen LogP contribution in [0.3, 0.4) is 0 Å². The number of carbonyl (C=O) groups is 8. The Kier molecular flexibility index (Phi) is 22.1. The topological polar surface area (TPSA) is 296 Å². The lowest BCUT2D eigenvalue weighted by Gasteiger charge is -2.30. The van der Waals surface area contributed by atoms with Crippen LogP contribution in [-0.4, -0.2) is 135 Å². The third-order valence-corrected chi connectivity index (χ3v) is 15.6. The minimum absolute atomic E-state index is 0.0216. The first-order valence-corrected chi connectivity index (χ1v) is 28.9. The average Bonchev–Trinajstić information content (AvgIpc) is 4.43. The molecule has 8 atom stereocenters. The van der Waals surface area contributed by atoms with Crippen LogP contribution >= 0.6 is 0 Å². The van der Waals surface area contributed by atoms with Crippen molar-refractivity contribution in [3.05, 3.63) is 203 Å². The number of primary amides is 1. The zero-order chi connectivity index (χ0) is 60.2. The van der Waals surface area contributed by atoms with Gasteiger partial charge in [-0.1, -0.05) is 146 Å². The molecule has 7 amide bonds. The number of nitrogens with one attached hydrogen (secondary N) is 5. The van der Waals surface area contributed by atoms with Crippen molar-refractivity contribution in [1.82, 2.24) is 36.4 Å². The van der Waals surface area contributed by atoms with Crippen LogP contribution in [0.15, 0.2) is 170 Å². The van der Waals surface area contributed by atoms with Gasteiger partial charge < -0.3 is 58.1 Å². The van der Waals surface area contributed by atoms with E-state index in [1.165, 1.54) is 34.1 Å².